The van der Waals surface area contributed by atoms with E-state index in [1.165, 1.54) is 0 Å². The normalized spacial score (nSPS) is 19.3. The van der Waals surface area contributed by atoms with E-state index in [9.17, 15) is 15.3 Å². The lowest BCUT2D eigenvalue weighted by molar-refractivity contribution is -0.931. The molecule has 0 aliphatic heterocycles. The first-order valence-corrected chi connectivity index (χ1v) is 7.91. The van der Waals surface area contributed by atoms with E-state index in [-0.39, 0.29) is 6.10 Å². The molecule has 0 amide bonds. The zero-order valence-corrected chi connectivity index (χ0v) is 14.4. The molecule has 0 saturated heterocycles. The minimum atomic E-state index is -0.400. The zero-order valence-electron chi connectivity index (χ0n) is 14.4. The summed E-state index contributed by atoms with van der Waals surface area (Å²) in [4.78, 5) is 2.13. The van der Waals surface area contributed by atoms with Crippen LogP contribution >= 0.6 is 0 Å². The Kier molecular flexibility index (Phi) is 10.4. The highest BCUT2D eigenvalue weighted by atomic mass is 16.3. The molecule has 4 N–H and O–H groups in total. The molecular formula is C15H36N3O3+. The fourth-order valence-corrected chi connectivity index (χ4v) is 2.71. The molecule has 0 fully saturated rings. The molecule has 0 aromatic rings. The maximum Gasteiger partial charge on any atom is 0.105 e. The lowest BCUT2D eigenvalue weighted by atomic mass is 10.2. The molecule has 0 aliphatic carbocycles. The van der Waals surface area contributed by atoms with Gasteiger partial charge >= 0.3 is 0 Å². The van der Waals surface area contributed by atoms with Crippen LogP contribution in [0.15, 0.2) is 0 Å². The maximum absolute atomic E-state index is 9.84. The minimum Gasteiger partial charge on any atom is -0.392 e. The molecule has 0 radical (unpaired) electrons. The van der Waals surface area contributed by atoms with Gasteiger partial charge in [0.1, 0.15) is 25.3 Å². The van der Waals surface area contributed by atoms with Gasteiger partial charge in [0.2, 0.25) is 0 Å². The van der Waals surface area contributed by atoms with Crippen LogP contribution in [0.4, 0.5) is 0 Å². The highest BCUT2D eigenvalue weighted by Crippen LogP contribution is 2.11. The molecule has 0 aromatic carbocycles. The van der Waals surface area contributed by atoms with Crippen molar-refractivity contribution in [3.8, 4) is 0 Å². The number of aliphatic hydroxyl groups excluding tert-OH is 3. The summed E-state index contributed by atoms with van der Waals surface area (Å²) in [6.45, 7) is 10.6. The summed E-state index contributed by atoms with van der Waals surface area (Å²) < 4.78 is 0.681. The van der Waals surface area contributed by atoms with Crippen molar-refractivity contribution >= 4 is 0 Å². The lowest BCUT2D eigenvalue weighted by Crippen LogP contribution is -2.59. The van der Waals surface area contributed by atoms with Gasteiger partial charge in [-0.1, -0.05) is 0 Å². The van der Waals surface area contributed by atoms with Crippen LogP contribution in [0.1, 0.15) is 20.8 Å². The van der Waals surface area contributed by atoms with Crippen molar-refractivity contribution in [2.75, 3.05) is 59.9 Å². The maximum atomic E-state index is 9.84. The van der Waals surface area contributed by atoms with E-state index in [1.54, 1.807) is 20.8 Å². The van der Waals surface area contributed by atoms with Crippen molar-refractivity contribution in [2.45, 2.75) is 39.1 Å². The summed E-state index contributed by atoms with van der Waals surface area (Å²) in [5.74, 6) is 0. The molecule has 128 valence electrons. The monoisotopic (exact) mass is 306 g/mol. The van der Waals surface area contributed by atoms with Crippen LogP contribution in [0, 0.1) is 0 Å². The Balaban J connectivity index is 4.70. The third kappa shape index (κ3) is 11.0. The van der Waals surface area contributed by atoms with E-state index < -0.39 is 12.2 Å². The number of aliphatic hydroxyl groups is 3. The summed E-state index contributed by atoms with van der Waals surface area (Å²) in [5, 5.41) is 32.2. The summed E-state index contributed by atoms with van der Waals surface area (Å²) in [6, 6.07) is 0. The highest BCUT2D eigenvalue weighted by molar-refractivity contribution is 4.59. The molecule has 21 heavy (non-hydrogen) atoms. The molecule has 0 saturated carbocycles. The summed E-state index contributed by atoms with van der Waals surface area (Å²) in [6.07, 6.45) is -1.16. The van der Waals surface area contributed by atoms with Crippen molar-refractivity contribution in [2.24, 2.45) is 0 Å². The van der Waals surface area contributed by atoms with Crippen LogP contribution in [-0.2, 0) is 0 Å². The number of nitrogens with one attached hydrogen (secondary N) is 1. The number of likely N-dealkylation sites (N-methyl/N-ethyl adjacent to an activating group) is 1. The third-order valence-electron chi connectivity index (χ3n) is 3.53. The number of quaternary nitrogens is 1. The van der Waals surface area contributed by atoms with Gasteiger partial charge in [-0.25, -0.2) is 0 Å². The van der Waals surface area contributed by atoms with E-state index in [1.807, 2.05) is 14.1 Å². The topological polar surface area (TPSA) is 76.0 Å². The molecule has 0 aliphatic rings. The fourth-order valence-electron chi connectivity index (χ4n) is 2.71. The Bertz CT molecular complexity index is 249. The van der Waals surface area contributed by atoms with Gasteiger partial charge in [0.15, 0.2) is 0 Å². The second-order valence-electron chi connectivity index (χ2n) is 6.71. The van der Waals surface area contributed by atoms with Crippen LogP contribution in [0.3, 0.4) is 0 Å². The van der Waals surface area contributed by atoms with Crippen LogP contribution in [0.25, 0.3) is 0 Å². The van der Waals surface area contributed by atoms with Crippen LogP contribution in [0.2, 0.25) is 0 Å². The number of nitrogens with zero attached hydrogens (tertiary/aromatic N) is 2. The molecule has 0 heterocycles. The number of hydrogen-bond acceptors (Lipinski definition) is 5. The summed E-state index contributed by atoms with van der Waals surface area (Å²) in [7, 11) is 4.07. The van der Waals surface area contributed by atoms with Crippen LogP contribution in [0.5, 0.6) is 0 Å². The van der Waals surface area contributed by atoms with Gasteiger partial charge in [-0.2, -0.15) is 0 Å². The van der Waals surface area contributed by atoms with Crippen molar-refractivity contribution in [1.29, 1.82) is 0 Å². The fraction of sp³-hybridized carbons (Fsp3) is 1.00. The van der Waals surface area contributed by atoms with Gasteiger partial charge in [0, 0.05) is 19.6 Å². The largest absolute Gasteiger partial charge is 0.392 e. The van der Waals surface area contributed by atoms with Crippen molar-refractivity contribution in [1.82, 2.24) is 10.2 Å². The minimum absolute atomic E-state index is 0.359. The van der Waals surface area contributed by atoms with Crippen LogP contribution < -0.4 is 5.32 Å². The zero-order chi connectivity index (χ0) is 16.5. The molecule has 3 unspecified atom stereocenters. The smallest absolute Gasteiger partial charge is 0.105 e. The van der Waals surface area contributed by atoms with E-state index in [0.717, 1.165) is 26.2 Å². The Morgan fingerprint density at radius 1 is 0.905 bits per heavy atom. The Morgan fingerprint density at radius 2 is 1.43 bits per heavy atom. The first kappa shape index (κ1) is 20.8. The molecular weight excluding hydrogens is 270 g/mol. The Morgan fingerprint density at radius 3 is 1.81 bits per heavy atom. The van der Waals surface area contributed by atoms with Crippen LogP contribution in [-0.4, -0.2) is 103 Å². The first-order valence-electron chi connectivity index (χ1n) is 7.91. The molecule has 6 heteroatoms. The second-order valence-corrected chi connectivity index (χ2v) is 6.71. The lowest BCUT2D eigenvalue weighted by Gasteiger charge is -2.41. The van der Waals surface area contributed by atoms with Crippen molar-refractivity contribution in [3.63, 3.8) is 0 Å². The van der Waals surface area contributed by atoms with Gasteiger partial charge < -0.3 is 30.0 Å². The van der Waals surface area contributed by atoms with Crippen molar-refractivity contribution in [3.05, 3.63) is 0 Å². The van der Waals surface area contributed by atoms with Gasteiger partial charge in [0.05, 0.1) is 19.2 Å². The molecule has 3 atom stereocenters. The Hall–Kier alpha value is -0.240. The highest BCUT2D eigenvalue weighted by Gasteiger charge is 2.30. The van der Waals surface area contributed by atoms with E-state index >= 15 is 0 Å². The van der Waals surface area contributed by atoms with Gasteiger partial charge in [-0.15, -0.1) is 0 Å². The quantitative estimate of drug-likeness (QED) is 0.278. The predicted octanol–water partition coefficient (Wildman–Crippen LogP) is -0.903. The second kappa shape index (κ2) is 10.5. The van der Waals surface area contributed by atoms with Gasteiger partial charge in [-0.3, -0.25) is 0 Å². The average Bonchev–Trinajstić information content (AvgIpc) is 2.30. The third-order valence-corrected chi connectivity index (χ3v) is 3.53. The summed E-state index contributed by atoms with van der Waals surface area (Å²) in [5.41, 5.74) is 0. The van der Waals surface area contributed by atoms with E-state index in [4.69, 9.17) is 0 Å². The molecule has 0 rings (SSSR count). The molecule has 0 bridgehead atoms. The van der Waals surface area contributed by atoms with E-state index in [0.29, 0.717) is 24.1 Å². The SMILES string of the molecule is CC(O)CNCC[N+](CCN(C)C)(CC(C)O)CC(C)O. The predicted molar refractivity (Wildman–Crippen MR) is 86.2 cm³/mol. The standard InChI is InChI=1S/C15H36N3O3/c1-13(19)10-16-6-8-18(11-14(2)20,12-15(3)21)9-7-17(4)5/h13-16,19-21H,6-12H2,1-5H3/q+1. The Labute approximate surface area is 130 Å². The molecule has 0 aromatic heterocycles. The number of hydrogen-bond donors (Lipinski definition) is 4. The average molecular weight is 306 g/mol. The van der Waals surface area contributed by atoms with Crippen molar-refractivity contribution < 1.29 is 19.8 Å². The summed E-state index contributed by atoms with van der Waals surface area (Å²) >= 11 is 0. The first-order chi connectivity index (χ1) is 9.67. The molecule has 6 nitrogen and oxygen atoms in total. The van der Waals surface area contributed by atoms with Gasteiger partial charge in [-0.05, 0) is 34.9 Å². The van der Waals surface area contributed by atoms with Gasteiger partial charge in [0.25, 0.3) is 0 Å². The van der Waals surface area contributed by atoms with E-state index in [2.05, 4.69) is 10.2 Å². The molecule has 0 spiro atoms. The number of rotatable bonds is 12.